The van der Waals surface area contributed by atoms with Crippen LogP contribution in [0, 0.1) is 5.92 Å². The zero-order valence-electron chi connectivity index (χ0n) is 14.2. The smallest absolute Gasteiger partial charge is 0.0707 e. The van der Waals surface area contributed by atoms with Crippen LogP contribution in [0.15, 0.2) is 0 Å². The molecule has 0 radical (unpaired) electrons. The molecule has 21 heavy (non-hydrogen) atoms. The van der Waals surface area contributed by atoms with E-state index in [9.17, 15) is 0 Å². The number of rotatable bonds is 4. The predicted octanol–water partition coefficient (Wildman–Crippen LogP) is 3.19. The maximum atomic E-state index is 6.30. The molecule has 3 heteroatoms. The van der Waals surface area contributed by atoms with Crippen LogP contribution >= 0.6 is 0 Å². The molecule has 4 unspecified atom stereocenters. The van der Waals surface area contributed by atoms with Gasteiger partial charge in [0.1, 0.15) is 0 Å². The van der Waals surface area contributed by atoms with Crippen molar-refractivity contribution in [2.45, 2.75) is 89.5 Å². The highest BCUT2D eigenvalue weighted by Crippen LogP contribution is 2.37. The number of nitrogens with one attached hydrogen (secondary N) is 1. The molecule has 3 fully saturated rings. The van der Waals surface area contributed by atoms with Gasteiger partial charge in [-0.1, -0.05) is 6.42 Å². The molecular formula is C18H34N2O. The second kappa shape index (κ2) is 6.55. The van der Waals surface area contributed by atoms with Crippen molar-refractivity contribution in [1.29, 1.82) is 0 Å². The maximum Gasteiger partial charge on any atom is 0.0707 e. The molecule has 2 saturated heterocycles. The van der Waals surface area contributed by atoms with Crippen molar-refractivity contribution in [2.24, 2.45) is 5.92 Å². The quantitative estimate of drug-likeness (QED) is 0.862. The molecule has 0 aromatic rings. The highest BCUT2D eigenvalue weighted by Gasteiger charge is 2.37. The van der Waals surface area contributed by atoms with Gasteiger partial charge in [0.2, 0.25) is 0 Å². The first kappa shape index (κ1) is 15.8. The molecule has 0 amide bonds. The van der Waals surface area contributed by atoms with Crippen LogP contribution in [-0.4, -0.2) is 48.3 Å². The molecule has 3 nitrogen and oxygen atoms in total. The highest BCUT2D eigenvalue weighted by molar-refractivity contribution is 4.91. The Morgan fingerprint density at radius 2 is 1.76 bits per heavy atom. The van der Waals surface area contributed by atoms with Gasteiger partial charge < -0.3 is 10.1 Å². The van der Waals surface area contributed by atoms with Gasteiger partial charge in [0, 0.05) is 24.7 Å². The predicted molar refractivity (Wildman–Crippen MR) is 87.6 cm³/mol. The Bertz CT molecular complexity index is 339. The van der Waals surface area contributed by atoms with E-state index in [-0.39, 0.29) is 5.54 Å². The fourth-order valence-electron chi connectivity index (χ4n) is 4.53. The summed E-state index contributed by atoms with van der Waals surface area (Å²) < 4.78 is 6.30. The van der Waals surface area contributed by atoms with Crippen molar-refractivity contribution in [3.63, 3.8) is 0 Å². The van der Waals surface area contributed by atoms with Crippen LogP contribution in [0.4, 0.5) is 0 Å². The molecule has 3 rings (SSSR count). The Morgan fingerprint density at radius 3 is 2.57 bits per heavy atom. The Morgan fingerprint density at radius 1 is 1.00 bits per heavy atom. The molecule has 1 aliphatic carbocycles. The molecular weight excluding hydrogens is 260 g/mol. The number of nitrogens with zero attached hydrogens (tertiary/aromatic N) is 1. The van der Waals surface area contributed by atoms with Crippen molar-refractivity contribution < 1.29 is 4.74 Å². The van der Waals surface area contributed by atoms with E-state index in [1.54, 1.807) is 0 Å². The number of ether oxygens (including phenoxy) is 1. The van der Waals surface area contributed by atoms with E-state index < -0.39 is 0 Å². The van der Waals surface area contributed by atoms with E-state index >= 15 is 0 Å². The fourth-order valence-corrected chi connectivity index (χ4v) is 4.53. The molecule has 0 aromatic heterocycles. The normalized spacial score (nSPS) is 37.9. The molecule has 2 heterocycles. The van der Waals surface area contributed by atoms with Crippen molar-refractivity contribution in [3.05, 3.63) is 0 Å². The zero-order valence-corrected chi connectivity index (χ0v) is 14.2. The van der Waals surface area contributed by atoms with Gasteiger partial charge in [0.15, 0.2) is 0 Å². The summed E-state index contributed by atoms with van der Waals surface area (Å²) in [7, 11) is 0. The number of piperidine rings is 1. The molecule has 0 spiro atoms. The van der Waals surface area contributed by atoms with Gasteiger partial charge in [0.25, 0.3) is 0 Å². The first-order valence-corrected chi connectivity index (χ1v) is 9.16. The Balaban J connectivity index is 1.44. The van der Waals surface area contributed by atoms with E-state index in [1.807, 2.05) is 0 Å². The molecule has 4 atom stereocenters. The van der Waals surface area contributed by atoms with Gasteiger partial charge in [-0.2, -0.15) is 0 Å². The van der Waals surface area contributed by atoms with Crippen LogP contribution in [0.5, 0.6) is 0 Å². The van der Waals surface area contributed by atoms with Crippen LogP contribution in [0.25, 0.3) is 0 Å². The lowest BCUT2D eigenvalue weighted by atomic mass is 9.91. The fraction of sp³-hybridized carbons (Fsp3) is 1.00. The zero-order chi connectivity index (χ0) is 14.9. The number of likely N-dealkylation sites (tertiary alicyclic amines) is 1. The number of fused-ring (bicyclic) bond motifs is 1. The van der Waals surface area contributed by atoms with Gasteiger partial charge in [-0.15, -0.1) is 0 Å². The Hall–Kier alpha value is -0.120. The summed E-state index contributed by atoms with van der Waals surface area (Å²) in [5, 5.41) is 3.59. The minimum absolute atomic E-state index is 0.200. The molecule has 2 aliphatic heterocycles. The first-order chi connectivity index (χ1) is 10.0. The third-order valence-corrected chi connectivity index (χ3v) is 5.60. The van der Waals surface area contributed by atoms with Crippen LogP contribution < -0.4 is 5.32 Å². The summed E-state index contributed by atoms with van der Waals surface area (Å²) in [6, 6.07) is 0.883. The van der Waals surface area contributed by atoms with Gasteiger partial charge in [0.05, 0.1) is 12.2 Å². The van der Waals surface area contributed by atoms with E-state index in [2.05, 4.69) is 31.0 Å². The van der Waals surface area contributed by atoms with Crippen LogP contribution in [-0.2, 0) is 4.74 Å². The highest BCUT2D eigenvalue weighted by atomic mass is 16.5. The second-order valence-electron chi connectivity index (χ2n) is 8.48. The standard InChI is InChI=1S/C18H34N2O/c1-18(2,3)19-12-15-9-10-16(21-15)13-20-11-5-7-14-6-4-8-17(14)20/h14-17,19H,4-13H2,1-3H3. The summed E-state index contributed by atoms with van der Waals surface area (Å²) in [5.74, 6) is 0.999. The van der Waals surface area contributed by atoms with Gasteiger partial charge >= 0.3 is 0 Å². The number of hydrogen-bond acceptors (Lipinski definition) is 3. The molecule has 0 aromatic carbocycles. The van der Waals surface area contributed by atoms with Gasteiger partial charge in [-0.25, -0.2) is 0 Å². The molecule has 3 aliphatic rings. The lowest BCUT2D eigenvalue weighted by molar-refractivity contribution is -0.000476. The largest absolute Gasteiger partial charge is 0.372 e. The van der Waals surface area contributed by atoms with E-state index in [1.165, 1.54) is 58.0 Å². The van der Waals surface area contributed by atoms with E-state index in [0.29, 0.717) is 12.2 Å². The molecule has 1 saturated carbocycles. The van der Waals surface area contributed by atoms with Crippen LogP contribution in [0.3, 0.4) is 0 Å². The average molecular weight is 294 g/mol. The Kier molecular flexibility index (Phi) is 4.92. The van der Waals surface area contributed by atoms with Gasteiger partial charge in [-0.3, -0.25) is 4.90 Å². The SMILES string of the molecule is CC(C)(C)NCC1CCC(CN2CCCC3CCCC32)O1. The summed E-state index contributed by atoms with van der Waals surface area (Å²) in [6.07, 6.45) is 10.6. The van der Waals surface area contributed by atoms with Crippen LogP contribution in [0.1, 0.15) is 65.7 Å². The van der Waals surface area contributed by atoms with E-state index in [4.69, 9.17) is 4.74 Å². The van der Waals surface area contributed by atoms with Crippen molar-refractivity contribution in [3.8, 4) is 0 Å². The van der Waals surface area contributed by atoms with Crippen molar-refractivity contribution in [2.75, 3.05) is 19.6 Å². The summed E-state index contributed by atoms with van der Waals surface area (Å²) in [4.78, 5) is 2.77. The topological polar surface area (TPSA) is 24.5 Å². The number of hydrogen-bond donors (Lipinski definition) is 1. The van der Waals surface area contributed by atoms with Gasteiger partial charge in [-0.05, 0) is 71.8 Å². The lowest BCUT2D eigenvalue weighted by Gasteiger charge is -2.39. The molecule has 1 N–H and O–H groups in total. The summed E-state index contributed by atoms with van der Waals surface area (Å²) in [5.41, 5.74) is 0.200. The van der Waals surface area contributed by atoms with Crippen molar-refractivity contribution in [1.82, 2.24) is 10.2 Å². The maximum absolute atomic E-state index is 6.30. The summed E-state index contributed by atoms with van der Waals surface area (Å²) in [6.45, 7) is 10.2. The monoisotopic (exact) mass is 294 g/mol. The molecule has 122 valence electrons. The third-order valence-electron chi connectivity index (χ3n) is 5.60. The Labute approximate surface area is 130 Å². The summed E-state index contributed by atoms with van der Waals surface area (Å²) >= 11 is 0. The molecule has 0 bridgehead atoms. The average Bonchev–Trinajstić information content (AvgIpc) is 3.04. The third kappa shape index (κ3) is 4.20. The lowest BCUT2D eigenvalue weighted by Crippen LogP contribution is -2.46. The minimum Gasteiger partial charge on any atom is -0.372 e. The minimum atomic E-state index is 0.200. The second-order valence-corrected chi connectivity index (χ2v) is 8.48. The first-order valence-electron chi connectivity index (χ1n) is 9.16. The van der Waals surface area contributed by atoms with Crippen molar-refractivity contribution >= 4 is 0 Å². The van der Waals surface area contributed by atoms with E-state index in [0.717, 1.165) is 18.5 Å². The van der Waals surface area contributed by atoms with Crippen LogP contribution in [0.2, 0.25) is 0 Å².